The Kier molecular flexibility index (Phi) is 8.42. The van der Waals surface area contributed by atoms with Gasteiger partial charge in [0.05, 0.1) is 12.2 Å². The molecule has 1 aliphatic heterocycles. The lowest BCUT2D eigenvalue weighted by Gasteiger charge is -2.35. The lowest BCUT2D eigenvalue weighted by molar-refractivity contribution is 0.0138. The fraction of sp³-hybridized carbons (Fsp3) is 0.367. The maximum Gasteiger partial charge on any atom is 0.410 e. The highest BCUT2D eigenvalue weighted by atomic mass is 19.1. The molecule has 200 valence electrons. The summed E-state index contributed by atoms with van der Waals surface area (Å²) in [6.45, 7) is 10.3. The van der Waals surface area contributed by atoms with E-state index in [1.165, 1.54) is 10.7 Å². The summed E-state index contributed by atoms with van der Waals surface area (Å²) in [7, 11) is 0. The third kappa shape index (κ3) is 7.16. The summed E-state index contributed by atoms with van der Waals surface area (Å²) in [5.74, 6) is -0.282. The second-order valence-electron chi connectivity index (χ2n) is 10.6. The van der Waals surface area contributed by atoms with Gasteiger partial charge in [-0.15, -0.1) is 0 Å². The number of hydrogen-bond acceptors (Lipinski definition) is 5. The van der Waals surface area contributed by atoms with Crippen molar-refractivity contribution in [2.24, 2.45) is 0 Å². The molecule has 7 nitrogen and oxygen atoms in total. The smallest absolute Gasteiger partial charge is 0.410 e. The van der Waals surface area contributed by atoms with E-state index in [1.807, 2.05) is 63.3 Å². The maximum atomic E-state index is 13.9. The van der Waals surface area contributed by atoms with Crippen LogP contribution in [0.5, 0.6) is 0 Å². The molecule has 0 unspecified atom stereocenters. The number of aromatic nitrogens is 2. The minimum Gasteiger partial charge on any atom is -0.444 e. The molecule has 8 heteroatoms. The first-order valence-corrected chi connectivity index (χ1v) is 12.9. The van der Waals surface area contributed by atoms with Crippen LogP contribution in [0.25, 0.3) is 17.3 Å². The van der Waals surface area contributed by atoms with E-state index in [9.17, 15) is 14.0 Å². The second kappa shape index (κ2) is 11.7. The van der Waals surface area contributed by atoms with Crippen molar-refractivity contribution in [2.45, 2.75) is 46.4 Å². The number of benzene rings is 2. The Labute approximate surface area is 223 Å². The van der Waals surface area contributed by atoms with Gasteiger partial charge in [-0.2, -0.15) is 5.10 Å². The first-order chi connectivity index (χ1) is 18.1. The summed E-state index contributed by atoms with van der Waals surface area (Å²) >= 11 is 0. The Morgan fingerprint density at radius 3 is 2.42 bits per heavy atom. The molecule has 1 saturated heterocycles. The maximum absolute atomic E-state index is 13.9. The number of halogens is 1. The van der Waals surface area contributed by atoms with Crippen molar-refractivity contribution >= 4 is 12.2 Å². The van der Waals surface area contributed by atoms with E-state index in [0.717, 1.165) is 11.1 Å². The van der Waals surface area contributed by atoms with Crippen LogP contribution in [0.4, 0.5) is 9.18 Å². The van der Waals surface area contributed by atoms with Gasteiger partial charge in [-0.3, -0.25) is 9.69 Å². The van der Waals surface area contributed by atoms with Crippen molar-refractivity contribution < 1.29 is 13.9 Å². The van der Waals surface area contributed by atoms with Gasteiger partial charge in [-0.1, -0.05) is 42.5 Å². The van der Waals surface area contributed by atoms with Crippen molar-refractivity contribution in [3.05, 3.63) is 93.5 Å². The van der Waals surface area contributed by atoms with Crippen LogP contribution in [0.2, 0.25) is 0 Å². The zero-order valence-corrected chi connectivity index (χ0v) is 22.5. The molecule has 2 heterocycles. The third-order valence-electron chi connectivity index (χ3n) is 6.31. The van der Waals surface area contributed by atoms with Crippen LogP contribution in [0.1, 0.15) is 37.5 Å². The monoisotopic (exact) mass is 518 g/mol. The highest BCUT2D eigenvalue weighted by Crippen LogP contribution is 2.21. The number of nitrogens with zero attached hydrogens (tertiary/aromatic N) is 4. The average molecular weight is 519 g/mol. The molecule has 0 spiro atoms. The summed E-state index contributed by atoms with van der Waals surface area (Å²) in [4.78, 5) is 29.7. The van der Waals surface area contributed by atoms with Gasteiger partial charge in [0.15, 0.2) is 0 Å². The second-order valence-corrected chi connectivity index (χ2v) is 10.6. The van der Waals surface area contributed by atoms with E-state index in [4.69, 9.17) is 4.74 Å². The third-order valence-corrected chi connectivity index (χ3v) is 6.31. The van der Waals surface area contributed by atoms with Crippen LogP contribution in [-0.4, -0.2) is 57.5 Å². The van der Waals surface area contributed by atoms with Crippen molar-refractivity contribution in [1.82, 2.24) is 19.6 Å². The average Bonchev–Trinajstić information content (AvgIpc) is 2.88. The van der Waals surface area contributed by atoms with Crippen LogP contribution in [0.3, 0.4) is 0 Å². The van der Waals surface area contributed by atoms with Gasteiger partial charge in [0.25, 0.3) is 5.56 Å². The molecule has 1 aromatic heterocycles. The normalized spacial score (nSPS) is 14.7. The molecule has 0 atom stereocenters. The summed E-state index contributed by atoms with van der Waals surface area (Å²) in [5.41, 5.74) is 2.82. The van der Waals surface area contributed by atoms with Crippen LogP contribution >= 0.6 is 0 Å². The van der Waals surface area contributed by atoms with E-state index in [1.54, 1.807) is 30.0 Å². The minimum atomic E-state index is -0.541. The zero-order valence-electron chi connectivity index (χ0n) is 22.5. The molecule has 0 aliphatic carbocycles. The molecule has 2 aromatic carbocycles. The first-order valence-electron chi connectivity index (χ1n) is 12.9. The molecular weight excluding hydrogens is 483 g/mol. The van der Waals surface area contributed by atoms with Crippen molar-refractivity contribution in [3.8, 4) is 11.3 Å². The highest BCUT2D eigenvalue weighted by molar-refractivity contribution is 5.68. The van der Waals surface area contributed by atoms with Crippen LogP contribution in [-0.2, 0) is 17.8 Å². The van der Waals surface area contributed by atoms with E-state index in [-0.39, 0.29) is 17.5 Å². The predicted octanol–water partition coefficient (Wildman–Crippen LogP) is 5.12. The van der Waals surface area contributed by atoms with E-state index >= 15 is 0 Å². The van der Waals surface area contributed by atoms with Crippen LogP contribution < -0.4 is 5.56 Å². The number of allylic oxidation sites excluding steroid dienone is 1. The summed E-state index contributed by atoms with van der Waals surface area (Å²) < 4.78 is 20.9. The number of hydrogen-bond donors (Lipinski definition) is 0. The summed E-state index contributed by atoms with van der Waals surface area (Å²) in [5, 5.41) is 4.61. The predicted molar refractivity (Wildman–Crippen MR) is 147 cm³/mol. The lowest BCUT2D eigenvalue weighted by atomic mass is 10.1. The molecule has 0 bridgehead atoms. The van der Waals surface area contributed by atoms with Gasteiger partial charge < -0.3 is 9.64 Å². The molecule has 0 N–H and O–H groups in total. The standard InChI is InChI=1S/C30H35FN4O3/c1-22-19-24(12-13-26(22)31)27-20-25(21-33-15-17-34(18-16-33)29(37)38-30(2,3)4)28(36)35(32-27)14-8-11-23-9-6-5-7-10-23/h5-13,19-20H,14-18,21H2,1-4H3/b11-8+. The zero-order chi connectivity index (χ0) is 27.3. The Morgan fingerprint density at radius 1 is 1.05 bits per heavy atom. The Balaban J connectivity index is 1.55. The Morgan fingerprint density at radius 2 is 1.76 bits per heavy atom. The van der Waals surface area contributed by atoms with Crippen LogP contribution in [0, 0.1) is 12.7 Å². The van der Waals surface area contributed by atoms with Gasteiger partial charge in [0, 0.05) is 43.9 Å². The molecular formula is C30H35FN4O3. The van der Waals surface area contributed by atoms with Gasteiger partial charge in [-0.25, -0.2) is 13.9 Å². The Hall–Kier alpha value is -3.78. The van der Waals surface area contributed by atoms with Crippen molar-refractivity contribution in [2.75, 3.05) is 26.2 Å². The van der Waals surface area contributed by atoms with E-state index < -0.39 is 5.60 Å². The van der Waals surface area contributed by atoms with Crippen LogP contribution in [0.15, 0.2) is 65.5 Å². The molecule has 4 rings (SSSR count). The number of aryl methyl sites for hydroxylation is 1. The van der Waals surface area contributed by atoms with E-state index in [0.29, 0.717) is 56.1 Å². The minimum absolute atomic E-state index is 0.167. The molecule has 0 radical (unpaired) electrons. The molecule has 1 fully saturated rings. The molecule has 1 aliphatic rings. The fourth-order valence-electron chi connectivity index (χ4n) is 4.29. The number of amides is 1. The summed E-state index contributed by atoms with van der Waals surface area (Å²) in [6.07, 6.45) is 3.55. The fourth-order valence-corrected chi connectivity index (χ4v) is 4.29. The molecule has 3 aromatic rings. The van der Waals surface area contributed by atoms with Gasteiger partial charge in [-0.05, 0) is 63.1 Å². The number of ether oxygens (including phenoxy) is 1. The topological polar surface area (TPSA) is 67.7 Å². The number of carbonyl (C=O) groups is 1. The van der Waals surface area contributed by atoms with Gasteiger partial charge in [0.2, 0.25) is 0 Å². The summed E-state index contributed by atoms with van der Waals surface area (Å²) in [6, 6.07) is 16.5. The van der Waals surface area contributed by atoms with Gasteiger partial charge in [0.1, 0.15) is 11.4 Å². The SMILES string of the molecule is Cc1cc(-c2cc(CN3CCN(C(=O)OC(C)(C)C)CC3)c(=O)n(C/C=C/c3ccccc3)n2)ccc1F. The molecule has 1 amide bonds. The Bertz CT molecular complexity index is 1350. The van der Waals surface area contributed by atoms with E-state index in [2.05, 4.69) is 10.00 Å². The number of piperazine rings is 1. The number of rotatable bonds is 6. The largest absolute Gasteiger partial charge is 0.444 e. The first kappa shape index (κ1) is 27.3. The van der Waals surface area contributed by atoms with Crippen molar-refractivity contribution in [1.29, 1.82) is 0 Å². The highest BCUT2D eigenvalue weighted by Gasteiger charge is 2.26. The lowest BCUT2D eigenvalue weighted by Crippen LogP contribution is -2.50. The molecule has 38 heavy (non-hydrogen) atoms. The quantitative estimate of drug-likeness (QED) is 0.453. The van der Waals surface area contributed by atoms with Gasteiger partial charge >= 0.3 is 6.09 Å². The molecule has 0 saturated carbocycles. The van der Waals surface area contributed by atoms with Crippen molar-refractivity contribution in [3.63, 3.8) is 0 Å². The number of carbonyl (C=O) groups excluding carboxylic acids is 1.